The molecular formula is C11H20N2. The van der Waals surface area contributed by atoms with Gasteiger partial charge in [-0.3, -0.25) is 0 Å². The zero-order valence-corrected chi connectivity index (χ0v) is 8.77. The highest BCUT2D eigenvalue weighted by atomic mass is 15.2. The Labute approximate surface area is 81.7 Å². The second kappa shape index (κ2) is 4.64. The fourth-order valence-corrected chi connectivity index (χ4v) is 1.58. The van der Waals surface area contributed by atoms with Crippen molar-refractivity contribution in [2.45, 2.75) is 32.2 Å². The highest BCUT2D eigenvalue weighted by molar-refractivity contribution is 5.07. The van der Waals surface area contributed by atoms with E-state index in [2.05, 4.69) is 16.1 Å². The van der Waals surface area contributed by atoms with Crippen molar-refractivity contribution in [1.29, 1.82) is 0 Å². The van der Waals surface area contributed by atoms with Gasteiger partial charge in [-0.15, -0.1) is 6.42 Å². The van der Waals surface area contributed by atoms with Gasteiger partial charge in [0, 0.05) is 13.1 Å². The van der Waals surface area contributed by atoms with Crippen LogP contribution in [0.1, 0.15) is 26.7 Å². The minimum Gasteiger partial charge on any atom is -0.302 e. The number of nitrogens with zero attached hydrogens (tertiary/aromatic N) is 1. The summed E-state index contributed by atoms with van der Waals surface area (Å²) in [6.07, 6.45) is 8.09. The molecule has 2 nitrogen and oxygen atoms in total. The summed E-state index contributed by atoms with van der Waals surface area (Å²) in [5, 5.41) is 3.36. The lowest BCUT2D eigenvalue weighted by atomic mass is 10.1. The summed E-state index contributed by atoms with van der Waals surface area (Å²) in [5.41, 5.74) is -0.153. The molecule has 0 amide bonds. The smallest absolute Gasteiger partial charge is 0.0741 e. The van der Waals surface area contributed by atoms with E-state index in [4.69, 9.17) is 6.42 Å². The van der Waals surface area contributed by atoms with Gasteiger partial charge in [0.05, 0.1) is 5.54 Å². The first-order valence-corrected chi connectivity index (χ1v) is 5.09. The molecule has 0 spiro atoms. The van der Waals surface area contributed by atoms with Gasteiger partial charge in [-0.2, -0.15) is 0 Å². The maximum Gasteiger partial charge on any atom is 0.0741 e. The van der Waals surface area contributed by atoms with E-state index >= 15 is 0 Å². The Hall–Kier alpha value is -0.520. The van der Waals surface area contributed by atoms with Gasteiger partial charge in [0.2, 0.25) is 0 Å². The van der Waals surface area contributed by atoms with Crippen molar-refractivity contribution < 1.29 is 0 Å². The normalized spacial score (nSPS) is 18.8. The number of nitrogens with one attached hydrogen (secondary N) is 1. The Balaban J connectivity index is 2.10. The minimum atomic E-state index is -0.153. The third kappa shape index (κ3) is 3.80. The molecule has 1 aliphatic rings. The molecule has 1 rings (SSSR count). The van der Waals surface area contributed by atoms with Crippen LogP contribution < -0.4 is 5.32 Å². The monoisotopic (exact) mass is 180 g/mol. The van der Waals surface area contributed by atoms with E-state index < -0.39 is 0 Å². The zero-order chi connectivity index (χ0) is 9.73. The standard InChI is InChI=1S/C11H20N2/c1-4-11(2,3)12-7-10-13-8-5-6-9-13/h1,12H,5-10H2,2-3H3. The van der Waals surface area contributed by atoms with Crippen LogP contribution >= 0.6 is 0 Å². The van der Waals surface area contributed by atoms with Crippen molar-refractivity contribution in [3.05, 3.63) is 0 Å². The molecule has 1 fully saturated rings. The van der Waals surface area contributed by atoms with Crippen molar-refractivity contribution in [1.82, 2.24) is 10.2 Å². The van der Waals surface area contributed by atoms with Crippen molar-refractivity contribution >= 4 is 0 Å². The van der Waals surface area contributed by atoms with E-state index in [9.17, 15) is 0 Å². The quantitative estimate of drug-likeness (QED) is 0.651. The lowest BCUT2D eigenvalue weighted by molar-refractivity contribution is 0.322. The summed E-state index contributed by atoms with van der Waals surface area (Å²) >= 11 is 0. The molecule has 0 radical (unpaired) electrons. The first-order valence-electron chi connectivity index (χ1n) is 5.09. The van der Waals surface area contributed by atoms with E-state index in [1.165, 1.54) is 25.9 Å². The van der Waals surface area contributed by atoms with Gasteiger partial charge in [-0.25, -0.2) is 0 Å². The Morgan fingerprint density at radius 3 is 2.54 bits per heavy atom. The summed E-state index contributed by atoms with van der Waals surface area (Å²) in [6, 6.07) is 0. The SMILES string of the molecule is C#CC(C)(C)NCCN1CCCC1. The summed E-state index contributed by atoms with van der Waals surface area (Å²) in [5.74, 6) is 2.74. The van der Waals surface area contributed by atoms with Crippen LogP contribution in [-0.4, -0.2) is 36.6 Å². The maximum atomic E-state index is 5.37. The molecule has 0 unspecified atom stereocenters. The summed E-state index contributed by atoms with van der Waals surface area (Å²) in [7, 11) is 0. The van der Waals surface area contributed by atoms with Gasteiger partial charge in [0.25, 0.3) is 0 Å². The highest BCUT2D eigenvalue weighted by Crippen LogP contribution is 2.06. The molecule has 1 N–H and O–H groups in total. The predicted octanol–water partition coefficient (Wildman–Crippen LogP) is 1.08. The lowest BCUT2D eigenvalue weighted by Gasteiger charge is -2.22. The van der Waals surface area contributed by atoms with Crippen molar-refractivity contribution in [3.8, 4) is 12.3 Å². The average molecular weight is 180 g/mol. The topological polar surface area (TPSA) is 15.3 Å². The van der Waals surface area contributed by atoms with Crippen LogP contribution in [0.25, 0.3) is 0 Å². The molecule has 1 aliphatic heterocycles. The van der Waals surface area contributed by atoms with Crippen LogP contribution in [0, 0.1) is 12.3 Å². The van der Waals surface area contributed by atoms with Crippen molar-refractivity contribution in [2.75, 3.05) is 26.2 Å². The summed E-state index contributed by atoms with van der Waals surface area (Å²) in [4.78, 5) is 2.49. The molecule has 1 heterocycles. The van der Waals surface area contributed by atoms with Gasteiger partial charge in [0.1, 0.15) is 0 Å². The molecule has 0 aromatic rings. The molecule has 2 heteroatoms. The second-order valence-electron chi connectivity index (χ2n) is 4.24. The molecule has 13 heavy (non-hydrogen) atoms. The van der Waals surface area contributed by atoms with Crippen LogP contribution in [0.3, 0.4) is 0 Å². The number of terminal acetylenes is 1. The van der Waals surface area contributed by atoms with Crippen LogP contribution in [0.2, 0.25) is 0 Å². The Morgan fingerprint density at radius 1 is 1.38 bits per heavy atom. The molecule has 0 aromatic carbocycles. The third-order valence-electron chi connectivity index (χ3n) is 2.55. The van der Waals surface area contributed by atoms with Gasteiger partial charge >= 0.3 is 0 Å². The van der Waals surface area contributed by atoms with Gasteiger partial charge in [-0.1, -0.05) is 5.92 Å². The summed E-state index contributed by atoms with van der Waals surface area (Å²) < 4.78 is 0. The molecule has 0 bridgehead atoms. The third-order valence-corrected chi connectivity index (χ3v) is 2.55. The fourth-order valence-electron chi connectivity index (χ4n) is 1.58. The summed E-state index contributed by atoms with van der Waals surface area (Å²) in [6.45, 7) is 8.73. The van der Waals surface area contributed by atoms with Crippen LogP contribution in [0.5, 0.6) is 0 Å². The Morgan fingerprint density at radius 2 is 2.00 bits per heavy atom. The van der Waals surface area contributed by atoms with Crippen LogP contribution in [0.4, 0.5) is 0 Å². The van der Waals surface area contributed by atoms with E-state index in [0.29, 0.717) is 0 Å². The molecule has 1 saturated heterocycles. The first kappa shape index (κ1) is 10.6. The molecule has 0 aliphatic carbocycles. The average Bonchev–Trinajstić information content (AvgIpc) is 2.57. The number of hydrogen-bond donors (Lipinski definition) is 1. The van der Waals surface area contributed by atoms with Crippen LogP contribution in [-0.2, 0) is 0 Å². The van der Waals surface area contributed by atoms with Crippen molar-refractivity contribution in [2.24, 2.45) is 0 Å². The number of rotatable bonds is 4. The number of hydrogen-bond acceptors (Lipinski definition) is 2. The van der Waals surface area contributed by atoms with Crippen LogP contribution in [0.15, 0.2) is 0 Å². The highest BCUT2D eigenvalue weighted by Gasteiger charge is 2.14. The van der Waals surface area contributed by atoms with E-state index in [1.54, 1.807) is 0 Å². The van der Waals surface area contributed by atoms with Crippen molar-refractivity contribution in [3.63, 3.8) is 0 Å². The molecule has 0 aromatic heterocycles. The van der Waals surface area contributed by atoms with E-state index in [0.717, 1.165) is 13.1 Å². The molecule has 0 saturated carbocycles. The van der Waals surface area contributed by atoms with Gasteiger partial charge in [-0.05, 0) is 39.8 Å². The molecule has 0 atom stereocenters. The Bertz CT molecular complexity index is 185. The predicted molar refractivity (Wildman–Crippen MR) is 56.6 cm³/mol. The lowest BCUT2D eigenvalue weighted by Crippen LogP contribution is -2.42. The molecule has 74 valence electrons. The van der Waals surface area contributed by atoms with E-state index in [1.807, 2.05) is 13.8 Å². The fraction of sp³-hybridized carbons (Fsp3) is 0.818. The van der Waals surface area contributed by atoms with E-state index in [-0.39, 0.29) is 5.54 Å². The maximum absolute atomic E-state index is 5.37. The largest absolute Gasteiger partial charge is 0.302 e. The Kier molecular flexibility index (Phi) is 3.77. The number of likely N-dealkylation sites (tertiary alicyclic amines) is 1. The molecular weight excluding hydrogens is 160 g/mol. The van der Waals surface area contributed by atoms with Gasteiger partial charge < -0.3 is 10.2 Å². The second-order valence-corrected chi connectivity index (χ2v) is 4.24. The first-order chi connectivity index (χ1) is 6.14. The zero-order valence-electron chi connectivity index (χ0n) is 8.77. The minimum absolute atomic E-state index is 0.153. The van der Waals surface area contributed by atoms with Gasteiger partial charge in [0.15, 0.2) is 0 Å².